The van der Waals surface area contributed by atoms with Crippen molar-refractivity contribution in [1.29, 1.82) is 0 Å². The van der Waals surface area contributed by atoms with Crippen LogP contribution in [-0.2, 0) is 12.0 Å². The van der Waals surface area contributed by atoms with E-state index in [2.05, 4.69) is 32.6 Å². The minimum atomic E-state index is 0.0858. The highest BCUT2D eigenvalue weighted by molar-refractivity contribution is 7.15. The fourth-order valence-electron chi connectivity index (χ4n) is 2.57. The molecule has 1 atom stereocenters. The predicted octanol–water partition coefficient (Wildman–Crippen LogP) is 3.28. The Morgan fingerprint density at radius 1 is 1.39 bits per heavy atom. The van der Waals surface area contributed by atoms with Gasteiger partial charge in [-0.05, 0) is 26.2 Å². The molecule has 2 rings (SSSR count). The van der Waals surface area contributed by atoms with Crippen LogP contribution in [0.25, 0.3) is 0 Å². The van der Waals surface area contributed by atoms with E-state index < -0.39 is 0 Å². The monoisotopic (exact) mass is 267 g/mol. The van der Waals surface area contributed by atoms with Crippen molar-refractivity contribution in [3.8, 4) is 0 Å². The highest BCUT2D eigenvalue weighted by Gasteiger charge is 2.27. The molecule has 0 aliphatic carbocycles. The summed E-state index contributed by atoms with van der Waals surface area (Å²) in [6.07, 6.45) is 3.91. The molecule has 0 saturated carbocycles. The molecule has 1 saturated heterocycles. The molecule has 1 aliphatic rings. The Labute approximate surface area is 114 Å². The van der Waals surface area contributed by atoms with Gasteiger partial charge in [0.15, 0.2) is 5.13 Å². The summed E-state index contributed by atoms with van der Waals surface area (Å²) in [6.45, 7) is 10.7. The first-order valence-electron chi connectivity index (χ1n) is 6.90. The standard InChI is InChI=1S/C14H25N3S/c1-10-7-5-6-8-17(10)13-16-12(14(2,3)4)11(9-15)18-13/h10H,5-9,15H2,1-4H3. The van der Waals surface area contributed by atoms with E-state index in [4.69, 9.17) is 10.7 Å². The van der Waals surface area contributed by atoms with Gasteiger partial charge in [-0.25, -0.2) is 4.98 Å². The highest BCUT2D eigenvalue weighted by atomic mass is 32.1. The van der Waals surface area contributed by atoms with E-state index in [1.165, 1.54) is 35.0 Å². The number of hydrogen-bond donors (Lipinski definition) is 1. The third-order valence-corrected chi connectivity index (χ3v) is 4.75. The maximum absolute atomic E-state index is 5.88. The smallest absolute Gasteiger partial charge is 0.186 e. The summed E-state index contributed by atoms with van der Waals surface area (Å²) in [4.78, 5) is 8.60. The normalized spacial score (nSPS) is 21.4. The maximum Gasteiger partial charge on any atom is 0.186 e. The fraction of sp³-hybridized carbons (Fsp3) is 0.786. The molecule has 0 aromatic carbocycles. The maximum atomic E-state index is 5.88. The summed E-state index contributed by atoms with van der Waals surface area (Å²) in [6, 6.07) is 0.614. The SMILES string of the molecule is CC1CCCCN1c1nc(C(C)(C)C)c(CN)s1. The number of nitrogens with zero attached hydrogens (tertiary/aromatic N) is 2. The van der Waals surface area contributed by atoms with Crippen molar-refractivity contribution in [3.05, 3.63) is 10.6 Å². The second-order valence-electron chi connectivity index (χ2n) is 6.26. The second kappa shape index (κ2) is 5.17. The Morgan fingerprint density at radius 2 is 2.11 bits per heavy atom. The minimum absolute atomic E-state index is 0.0858. The van der Waals surface area contributed by atoms with Crippen LogP contribution in [0.5, 0.6) is 0 Å². The Balaban J connectivity index is 2.31. The summed E-state index contributed by atoms with van der Waals surface area (Å²) >= 11 is 1.79. The van der Waals surface area contributed by atoms with Gasteiger partial charge in [-0.3, -0.25) is 0 Å². The molecule has 0 spiro atoms. The van der Waals surface area contributed by atoms with E-state index in [0.717, 1.165) is 6.54 Å². The van der Waals surface area contributed by atoms with Gasteiger partial charge in [0.2, 0.25) is 0 Å². The lowest BCUT2D eigenvalue weighted by Crippen LogP contribution is -2.37. The number of nitrogens with two attached hydrogens (primary N) is 1. The van der Waals surface area contributed by atoms with Crippen molar-refractivity contribution < 1.29 is 0 Å². The van der Waals surface area contributed by atoms with Crippen LogP contribution < -0.4 is 10.6 Å². The van der Waals surface area contributed by atoms with Crippen molar-refractivity contribution in [1.82, 2.24) is 4.98 Å². The molecule has 102 valence electrons. The fourth-order valence-corrected chi connectivity index (χ4v) is 3.85. The molecule has 0 bridgehead atoms. The van der Waals surface area contributed by atoms with Crippen molar-refractivity contribution in [2.75, 3.05) is 11.4 Å². The predicted molar refractivity (Wildman–Crippen MR) is 79.4 cm³/mol. The zero-order chi connectivity index (χ0) is 13.3. The molecule has 1 aromatic heterocycles. The quantitative estimate of drug-likeness (QED) is 0.894. The van der Waals surface area contributed by atoms with Gasteiger partial charge in [0.1, 0.15) is 0 Å². The van der Waals surface area contributed by atoms with Gasteiger partial charge in [0, 0.05) is 29.4 Å². The van der Waals surface area contributed by atoms with Gasteiger partial charge in [-0.15, -0.1) is 11.3 Å². The van der Waals surface area contributed by atoms with Crippen LogP contribution >= 0.6 is 11.3 Å². The molecule has 18 heavy (non-hydrogen) atoms. The Bertz CT molecular complexity index is 406. The van der Waals surface area contributed by atoms with Gasteiger partial charge in [-0.1, -0.05) is 20.8 Å². The van der Waals surface area contributed by atoms with Gasteiger partial charge in [0.25, 0.3) is 0 Å². The minimum Gasteiger partial charge on any atom is -0.345 e. The zero-order valence-electron chi connectivity index (χ0n) is 12.0. The van der Waals surface area contributed by atoms with Gasteiger partial charge < -0.3 is 10.6 Å². The first kappa shape index (κ1) is 13.8. The number of rotatable bonds is 2. The van der Waals surface area contributed by atoms with Crippen LogP contribution in [0.15, 0.2) is 0 Å². The molecule has 2 N–H and O–H groups in total. The van der Waals surface area contributed by atoms with Crippen LogP contribution in [0.1, 0.15) is 57.5 Å². The number of hydrogen-bond acceptors (Lipinski definition) is 4. The number of thiazole rings is 1. The largest absolute Gasteiger partial charge is 0.345 e. The summed E-state index contributed by atoms with van der Waals surface area (Å²) < 4.78 is 0. The van der Waals surface area contributed by atoms with Gasteiger partial charge in [-0.2, -0.15) is 0 Å². The Hall–Kier alpha value is -0.610. The average molecular weight is 267 g/mol. The van der Waals surface area contributed by atoms with E-state index in [-0.39, 0.29) is 5.41 Å². The van der Waals surface area contributed by atoms with Crippen molar-refractivity contribution >= 4 is 16.5 Å². The molecule has 1 fully saturated rings. The first-order valence-corrected chi connectivity index (χ1v) is 7.72. The molecule has 1 aromatic rings. The van der Waals surface area contributed by atoms with Crippen molar-refractivity contribution in [2.45, 2.75) is 65.0 Å². The summed E-state index contributed by atoms with van der Waals surface area (Å²) in [5, 5.41) is 1.17. The summed E-state index contributed by atoms with van der Waals surface area (Å²) in [5.41, 5.74) is 7.15. The van der Waals surface area contributed by atoms with Crippen LogP contribution in [0.4, 0.5) is 5.13 Å². The second-order valence-corrected chi connectivity index (χ2v) is 7.32. The van der Waals surface area contributed by atoms with Crippen LogP contribution in [0.3, 0.4) is 0 Å². The van der Waals surface area contributed by atoms with E-state index in [1.807, 2.05) is 0 Å². The van der Waals surface area contributed by atoms with Gasteiger partial charge >= 0.3 is 0 Å². The van der Waals surface area contributed by atoms with Crippen LogP contribution in [0, 0.1) is 0 Å². The molecular weight excluding hydrogens is 242 g/mol. The van der Waals surface area contributed by atoms with Crippen LogP contribution in [-0.4, -0.2) is 17.6 Å². The lowest BCUT2D eigenvalue weighted by Gasteiger charge is -2.33. The lowest BCUT2D eigenvalue weighted by atomic mass is 9.91. The number of aromatic nitrogens is 1. The van der Waals surface area contributed by atoms with Crippen LogP contribution in [0.2, 0.25) is 0 Å². The third kappa shape index (κ3) is 2.69. The van der Waals surface area contributed by atoms with Crippen molar-refractivity contribution in [3.63, 3.8) is 0 Å². The topological polar surface area (TPSA) is 42.2 Å². The first-order chi connectivity index (χ1) is 8.43. The third-order valence-electron chi connectivity index (χ3n) is 3.63. The summed E-state index contributed by atoms with van der Waals surface area (Å²) in [7, 11) is 0. The van der Waals surface area contributed by atoms with E-state index >= 15 is 0 Å². The number of piperidine rings is 1. The van der Waals surface area contributed by atoms with E-state index in [0.29, 0.717) is 12.6 Å². The summed E-state index contributed by atoms with van der Waals surface area (Å²) in [5.74, 6) is 0. The molecule has 2 heterocycles. The molecule has 0 radical (unpaired) electrons. The molecule has 3 nitrogen and oxygen atoms in total. The number of anilines is 1. The lowest BCUT2D eigenvalue weighted by molar-refractivity contribution is 0.482. The highest BCUT2D eigenvalue weighted by Crippen LogP contribution is 2.35. The molecular formula is C14H25N3S. The van der Waals surface area contributed by atoms with Gasteiger partial charge in [0.05, 0.1) is 5.69 Å². The Morgan fingerprint density at radius 3 is 2.61 bits per heavy atom. The van der Waals surface area contributed by atoms with E-state index in [9.17, 15) is 0 Å². The van der Waals surface area contributed by atoms with Crippen molar-refractivity contribution in [2.24, 2.45) is 5.73 Å². The average Bonchev–Trinajstić information content (AvgIpc) is 2.73. The molecule has 4 heteroatoms. The Kier molecular flexibility index (Phi) is 3.97. The molecule has 1 aliphatic heterocycles. The zero-order valence-corrected chi connectivity index (χ0v) is 12.8. The van der Waals surface area contributed by atoms with E-state index in [1.54, 1.807) is 11.3 Å². The molecule has 0 amide bonds. The molecule has 1 unspecified atom stereocenters.